The lowest BCUT2D eigenvalue weighted by atomic mass is 9.97. The lowest BCUT2D eigenvalue weighted by molar-refractivity contribution is 1.54. The van der Waals surface area contributed by atoms with E-state index in [1.54, 1.807) is 0 Å². The summed E-state index contributed by atoms with van der Waals surface area (Å²) in [6.45, 7) is 0. The van der Waals surface area contributed by atoms with Gasteiger partial charge >= 0.3 is 0 Å². The fourth-order valence-corrected chi connectivity index (χ4v) is 2.69. The van der Waals surface area contributed by atoms with E-state index in [9.17, 15) is 0 Å². The first-order valence-corrected chi connectivity index (χ1v) is 8.43. The van der Waals surface area contributed by atoms with E-state index < -0.39 is 0 Å². The Bertz CT molecular complexity index is 795. The van der Waals surface area contributed by atoms with E-state index in [1.165, 1.54) is 5.56 Å². The number of hydrogen-bond acceptors (Lipinski definition) is 0. The fraction of sp³-hybridized carbons (Fsp3) is 0. The molecule has 24 heavy (non-hydrogen) atoms. The van der Waals surface area contributed by atoms with Gasteiger partial charge in [0.1, 0.15) is 0 Å². The summed E-state index contributed by atoms with van der Waals surface area (Å²) in [5.41, 5.74) is 4.51. The molecule has 118 valence electrons. The average molecular weight is 351 g/mol. The largest absolute Gasteiger partial charge is 0.0843 e. The SMILES string of the molecule is Clc1ccc(C(=C/C=C\c2ccccc2)c2ccc(Cl)cc2)cc1. The molecule has 0 aliphatic rings. The number of halogens is 2. The Balaban J connectivity index is 1.98. The summed E-state index contributed by atoms with van der Waals surface area (Å²) >= 11 is 12.0. The van der Waals surface area contributed by atoms with Crippen molar-refractivity contribution in [2.75, 3.05) is 0 Å². The highest BCUT2D eigenvalue weighted by Gasteiger charge is 2.04. The molecule has 3 aromatic carbocycles. The van der Waals surface area contributed by atoms with Crippen LogP contribution in [0.2, 0.25) is 10.0 Å². The van der Waals surface area contributed by atoms with Crippen LogP contribution in [0.4, 0.5) is 0 Å². The molecular formula is C22H16Cl2. The second kappa shape index (κ2) is 8.01. The van der Waals surface area contributed by atoms with Crippen molar-refractivity contribution in [2.45, 2.75) is 0 Å². The third kappa shape index (κ3) is 4.38. The third-order valence-electron chi connectivity index (χ3n) is 3.66. The molecule has 3 aromatic rings. The smallest absolute Gasteiger partial charge is 0.0406 e. The molecule has 0 atom stereocenters. The Hall–Kier alpha value is -2.28. The molecule has 0 saturated heterocycles. The lowest BCUT2D eigenvalue weighted by Crippen LogP contribution is -1.87. The van der Waals surface area contributed by atoms with Crippen molar-refractivity contribution in [3.8, 4) is 0 Å². The van der Waals surface area contributed by atoms with E-state index in [-0.39, 0.29) is 0 Å². The summed E-state index contributed by atoms with van der Waals surface area (Å²) in [5.74, 6) is 0. The van der Waals surface area contributed by atoms with Gasteiger partial charge in [0.25, 0.3) is 0 Å². The van der Waals surface area contributed by atoms with E-state index >= 15 is 0 Å². The predicted molar refractivity (Wildman–Crippen MR) is 105 cm³/mol. The Morgan fingerprint density at radius 1 is 0.625 bits per heavy atom. The number of benzene rings is 3. The first kappa shape index (κ1) is 16.6. The summed E-state index contributed by atoms with van der Waals surface area (Å²) in [7, 11) is 0. The Labute approximate surface area is 152 Å². The maximum atomic E-state index is 6.02. The van der Waals surface area contributed by atoms with E-state index in [2.05, 4.69) is 30.4 Å². The van der Waals surface area contributed by atoms with E-state index in [0.717, 1.165) is 26.7 Å². The van der Waals surface area contributed by atoms with Gasteiger partial charge in [-0.05, 0) is 46.5 Å². The van der Waals surface area contributed by atoms with Crippen LogP contribution in [0.3, 0.4) is 0 Å². The highest BCUT2D eigenvalue weighted by atomic mass is 35.5. The molecule has 2 heteroatoms. The average Bonchev–Trinajstić information content (AvgIpc) is 2.62. The molecule has 3 rings (SSSR count). The summed E-state index contributed by atoms with van der Waals surface area (Å²) in [6.07, 6.45) is 6.26. The molecule has 0 aliphatic heterocycles. The minimum atomic E-state index is 0.731. The molecule has 0 aromatic heterocycles. The standard InChI is InChI=1S/C22H16Cl2/c23-20-13-9-18(10-14-20)22(19-11-15-21(24)16-12-19)8-4-7-17-5-2-1-3-6-17/h1-16H/b7-4-. The highest BCUT2D eigenvalue weighted by molar-refractivity contribution is 6.31. The van der Waals surface area contributed by atoms with Gasteiger partial charge in [-0.1, -0.05) is 96.0 Å². The van der Waals surface area contributed by atoms with Gasteiger partial charge in [0.05, 0.1) is 0 Å². The second-order valence-electron chi connectivity index (χ2n) is 5.36. The van der Waals surface area contributed by atoms with Crippen LogP contribution in [0.1, 0.15) is 16.7 Å². The predicted octanol–water partition coefficient (Wildman–Crippen LogP) is 7.14. The Kier molecular flexibility index (Phi) is 5.53. The molecule has 0 nitrogen and oxygen atoms in total. The molecule has 0 saturated carbocycles. The fourth-order valence-electron chi connectivity index (χ4n) is 2.44. The third-order valence-corrected chi connectivity index (χ3v) is 4.17. The molecule has 0 radical (unpaired) electrons. The van der Waals surface area contributed by atoms with Gasteiger partial charge < -0.3 is 0 Å². The number of allylic oxidation sites excluding steroid dienone is 2. The Morgan fingerprint density at radius 3 is 1.62 bits per heavy atom. The summed E-state index contributed by atoms with van der Waals surface area (Å²) in [5, 5.41) is 1.46. The minimum absolute atomic E-state index is 0.731. The molecule has 0 heterocycles. The quantitative estimate of drug-likeness (QED) is 0.438. The minimum Gasteiger partial charge on any atom is -0.0843 e. The van der Waals surface area contributed by atoms with Crippen LogP contribution in [0, 0.1) is 0 Å². The van der Waals surface area contributed by atoms with E-state index in [0.29, 0.717) is 0 Å². The van der Waals surface area contributed by atoms with Crippen molar-refractivity contribution in [1.29, 1.82) is 0 Å². The second-order valence-corrected chi connectivity index (χ2v) is 6.24. The normalized spacial score (nSPS) is 10.8. The number of hydrogen-bond donors (Lipinski definition) is 0. The van der Waals surface area contributed by atoms with Crippen LogP contribution in [0.15, 0.2) is 91.0 Å². The van der Waals surface area contributed by atoms with Crippen molar-refractivity contribution >= 4 is 34.9 Å². The zero-order valence-electron chi connectivity index (χ0n) is 13.0. The monoisotopic (exact) mass is 350 g/mol. The van der Waals surface area contributed by atoms with Crippen LogP contribution in [0.5, 0.6) is 0 Å². The van der Waals surface area contributed by atoms with Gasteiger partial charge in [-0.25, -0.2) is 0 Å². The summed E-state index contributed by atoms with van der Waals surface area (Å²) in [4.78, 5) is 0. The molecule has 0 amide bonds. The first-order valence-electron chi connectivity index (χ1n) is 7.68. The van der Waals surface area contributed by atoms with Crippen molar-refractivity contribution in [1.82, 2.24) is 0 Å². The zero-order chi connectivity index (χ0) is 16.8. The van der Waals surface area contributed by atoms with Crippen LogP contribution in [-0.2, 0) is 0 Å². The van der Waals surface area contributed by atoms with Crippen LogP contribution >= 0.6 is 23.2 Å². The summed E-state index contributed by atoms with van der Waals surface area (Å²) in [6, 6.07) is 26.0. The maximum Gasteiger partial charge on any atom is 0.0406 e. The van der Waals surface area contributed by atoms with Gasteiger partial charge in [0.15, 0.2) is 0 Å². The molecule has 0 spiro atoms. The highest BCUT2D eigenvalue weighted by Crippen LogP contribution is 2.26. The van der Waals surface area contributed by atoms with Crippen molar-refractivity contribution in [2.24, 2.45) is 0 Å². The van der Waals surface area contributed by atoms with Crippen molar-refractivity contribution in [3.05, 3.63) is 118 Å². The number of rotatable bonds is 4. The van der Waals surface area contributed by atoms with Crippen LogP contribution in [0.25, 0.3) is 11.6 Å². The van der Waals surface area contributed by atoms with E-state index in [1.807, 2.05) is 66.7 Å². The molecule has 0 fully saturated rings. The molecule has 0 bridgehead atoms. The van der Waals surface area contributed by atoms with Gasteiger partial charge in [0, 0.05) is 10.0 Å². The topological polar surface area (TPSA) is 0 Å². The van der Waals surface area contributed by atoms with Gasteiger partial charge in [-0.3, -0.25) is 0 Å². The maximum absolute atomic E-state index is 6.02. The van der Waals surface area contributed by atoms with Crippen LogP contribution < -0.4 is 0 Å². The molecule has 0 N–H and O–H groups in total. The molecular weight excluding hydrogens is 335 g/mol. The van der Waals surface area contributed by atoms with Crippen molar-refractivity contribution < 1.29 is 0 Å². The van der Waals surface area contributed by atoms with E-state index in [4.69, 9.17) is 23.2 Å². The van der Waals surface area contributed by atoms with Gasteiger partial charge in [-0.15, -0.1) is 0 Å². The lowest BCUT2D eigenvalue weighted by Gasteiger charge is -2.08. The van der Waals surface area contributed by atoms with Gasteiger partial charge in [-0.2, -0.15) is 0 Å². The molecule has 0 aliphatic carbocycles. The first-order chi connectivity index (χ1) is 11.7. The molecule has 0 unspecified atom stereocenters. The zero-order valence-corrected chi connectivity index (χ0v) is 14.5. The summed E-state index contributed by atoms with van der Waals surface area (Å²) < 4.78 is 0. The van der Waals surface area contributed by atoms with Gasteiger partial charge in [0.2, 0.25) is 0 Å². The van der Waals surface area contributed by atoms with Crippen molar-refractivity contribution in [3.63, 3.8) is 0 Å². The van der Waals surface area contributed by atoms with Crippen LogP contribution in [-0.4, -0.2) is 0 Å². The Morgan fingerprint density at radius 2 is 1.12 bits per heavy atom.